The van der Waals surface area contributed by atoms with Crippen molar-refractivity contribution in [1.82, 2.24) is 0 Å². The number of benzene rings is 4. The van der Waals surface area contributed by atoms with Crippen LogP contribution in [0, 0.1) is 6.92 Å². The van der Waals surface area contributed by atoms with E-state index in [0.717, 1.165) is 20.2 Å². The third-order valence-corrected chi connectivity index (χ3v) is 12.1. The van der Waals surface area contributed by atoms with Crippen LogP contribution in [-0.4, -0.2) is 12.0 Å². The second-order valence-corrected chi connectivity index (χ2v) is 16.4. The average Bonchev–Trinajstić information content (AvgIpc) is 2.87. The van der Waals surface area contributed by atoms with E-state index in [1.54, 1.807) is 12.1 Å². The molecule has 0 fully saturated rings. The molecule has 0 unspecified atom stereocenters. The number of rotatable bonds is 6. The minimum Gasteiger partial charge on any atom is -0.258 e. The molecule has 4 rings (SSSR count). The lowest BCUT2D eigenvalue weighted by Gasteiger charge is -2.35. The molecule has 0 bridgehead atoms. The Morgan fingerprint density at radius 3 is 1.26 bits per heavy atom. The minimum absolute atomic E-state index is 0.0251. The Balaban J connectivity index is 2.01. The van der Waals surface area contributed by atoms with Crippen LogP contribution in [0.1, 0.15) is 58.2 Å². The van der Waals surface area contributed by atoms with E-state index in [1.807, 2.05) is 49.4 Å². The molecule has 4 aromatic carbocycles. The Morgan fingerprint density at radius 1 is 0.500 bits per heavy atom. The summed E-state index contributed by atoms with van der Waals surface area (Å²) in [5.41, 5.74) is 3.33. The van der Waals surface area contributed by atoms with Crippen molar-refractivity contribution < 1.29 is 12.0 Å². The fourth-order valence-corrected chi connectivity index (χ4v) is 9.82. The lowest BCUT2D eigenvalue weighted by Crippen LogP contribution is -2.19. The largest absolute Gasteiger partial charge is 0.422 e. The van der Waals surface area contributed by atoms with Gasteiger partial charge in [-0.25, -0.2) is 0 Å². The summed E-state index contributed by atoms with van der Waals surface area (Å²) in [4.78, 5) is 2.85. The predicted molar refractivity (Wildman–Crippen MR) is 160 cm³/mol. The molecule has 4 aromatic rings. The van der Waals surface area contributed by atoms with E-state index in [9.17, 15) is 8.42 Å². The maximum Gasteiger partial charge on any atom is 0.422 e. The summed E-state index contributed by atoms with van der Waals surface area (Å²) < 4.78 is 32.9. The Kier molecular flexibility index (Phi) is 7.68. The van der Waals surface area contributed by atoms with Gasteiger partial charge in [0.05, 0.1) is 25.0 Å². The zero-order valence-electron chi connectivity index (χ0n) is 23.4. The summed E-state index contributed by atoms with van der Waals surface area (Å²) in [6.45, 7) is 15.0. The topological polar surface area (TPSA) is 46.9 Å². The number of hydrogen-bond donors (Lipinski definition) is 0. The molecule has 0 atom stereocenters. The highest BCUT2D eigenvalue weighted by Gasteiger charge is 2.43. The van der Waals surface area contributed by atoms with E-state index in [2.05, 4.69) is 90.1 Å². The SMILES string of the molecule is Cc1ccc(S(=O)(=O)[OH+]S(c2ccccc2)(c2ccc(C(C)(C)C)cc2)c2ccc(C(C)(C)C)cc2)cc1. The zero-order chi connectivity index (χ0) is 27.8. The van der Waals surface area contributed by atoms with Gasteiger partial charge < -0.3 is 0 Å². The normalized spacial score (nSPS) is 13.3. The summed E-state index contributed by atoms with van der Waals surface area (Å²) in [6, 6.07) is 33.5. The molecule has 200 valence electrons. The maximum atomic E-state index is 14.0. The van der Waals surface area contributed by atoms with Crippen LogP contribution < -0.4 is 0 Å². The molecule has 38 heavy (non-hydrogen) atoms. The van der Waals surface area contributed by atoms with Crippen LogP contribution in [0.2, 0.25) is 0 Å². The van der Waals surface area contributed by atoms with Crippen LogP contribution in [0.5, 0.6) is 0 Å². The van der Waals surface area contributed by atoms with Crippen molar-refractivity contribution in [3.05, 3.63) is 120 Å². The van der Waals surface area contributed by atoms with Crippen molar-refractivity contribution in [1.29, 1.82) is 0 Å². The van der Waals surface area contributed by atoms with E-state index in [-0.39, 0.29) is 15.7 Å². The molecule has 0 radical (unpaired) electrons. The predicted octanol–water partition coefficient (Wildman–Crippen LogP) is 9.27. The van der Waals surface area contributed by atoms with Crippen molar-refractivity contribution in [2.75, 3.05) is 0 Å². The molecule has 0 saturated heterocycles. The van der Waals surface area contributed by atoms with Gasteiger partial charge in [-0.05, 0) is 77.4 Å². The van der Waals surface area contributed by atoms with Crippen LogP contribution >= 0.6 is 10.3 Å². The van der Waals surface area contributed by atoms with Crippen molar-refractivity contribution >= 4 is 20.4 Å². The van der Waals surface area contributed by atoms with Gasteiger partial charge in [-0.3, -0.25) is 3.63 Å². The molecule has 0 saturated carbocycles. The molecule has 0 aromatic heterocycles. The molecule has 5 heteroatoms. The van der Waals surface area contributed by atoms with E-state index in [4.69, 9.17) is 3.63 Å². The Labute approximate surface area is 230 Å². The molecule has 1 N–H and O–H groups in total. The van der Waals surface area contributed by atoms with Crippen molar-refractivity contribution in [2.24, 2.45) is 0 Å². The lowest BCUT2D eigenvalue weighted by atomic mass is 9.87. The van der Waals surface area contributed by atoms with Gasteiger partial charge in [0, 0.05) is 0 Å². The molecular weight excluding hydrogens is 508 g/mol. The Bertz CT molecular complexity index is 1420. The molecule has 0 heterocycles. The first-order valence-corrected chi connectivity index (χ1v) is 15.9. The Hall–Kier alpha value is -2.86. The second-order valence-electron chi connectivity index (χ2n) is 11.8. The summed E-state index contributed by atoms with van der Waals surface area (Å²) >= 11 is 0. The fraction of sp³-hybridized carbons (Fsp3) is 0.273. The average molecular weight is 548 g/mol. The van der Waals surface area contributed by atoms with Gasteiger partial charge in [-0.15, -0.1) is 8.42 Å². The summed E-state index contributed by atoms with van der Waals surface area (Å²) in [6.07, 6.45) is 0. The molecule has 3 nitrogen and oxygen atoms in total. The number of aryl methyl sites for hydroxylation is 1. The third-order valence-electron chi connectivity index (χ3n) is 6.74. The highest BCUT2D eigenvalue weighted by molar-refractivity contribution is 8.32. The van der Waals surface area contributed by atoms with Gasteiger partial charge in [0.15, 0.2) is 0 Å². The molecule has 0 aliphatic rings. The fourth-order valence-electron chi connectivity index (χ4n) is 4.36. The molecule has 0 aliphatic heterocycles. The monoisotopic (exact) mass is 547 g/mol. The van der Waals surface area contributed by atoms with E-state index in [0.29, 0.717) is 0 Å². The zero-order valence-corrected chi connectivity index (χ0v) is 25.0. The first-order chi connectivity index (χ1) is 17.7. The maximum absolute atomic E-state index is 14.0. The summed E-state index contributed by atoms with van der Waals surface area (Å²) in [5.74, 6) is 0. The summed E-state index contributed by atoms with van der Waals surface area (Å²) in [5, 5.41) is 0. The van der Waals surface area contributed by atoms with Gasteiger partial charge in [0.2, 0.25) is 0 Å². The quantitative estimate of drug-likeness (QED) is 0.178. The third kappa shape index (κ3) is 5.75. The molecule has 0 aliphatic carbocycles. The van der Waals surface area contributed by atoms with Gasteiger partial charge >= 0.3 is 10.1 Å². The Morgan fingerprint density at radius 2 is 0.868 bits per heavy atom. The second kappa shape index (κ2) is 10.4. The first-order valence-electron chi connectivity index (χ1n) is 12.9. The standard InChI is InChI=1S/C33H38O3S2/c1-25-13-19-31(20-14-25)38(34,35)36-37(28-11-9-8-10-12-28,29-21-15-26(16-22-29)32(2,3)4)30-23-17-27(18-24-30)33(5,6)7/h8-24H,1-7H3/p+1. The van der Waals surface area contributed by atoms with Gasteiger partial charge in [0.1, 0.15) is 4.90 Å². The van der Waals surface area contributed by atoms with Crippen LogP contribution in [0.4, 0.5) is 0 Å². The smallest absolute Gasteiger partial charge is 0.258 e. The number of hydrogen-bond acceptors (Lipinski definition) is 2. The highest BCUT2D eigenvalue weighted by Crippen LogP contribution is 2.68. The lowest BCUT2D eigenvalue weighted by molar-refractivity contribution is 0.387. The summed E-state index contributed by atoms with van der Waals surface area (Å²) in [7, 11) is -6.53. The van der Waals surface area contributed by atoms with E-state index in [1.165, 1.54) is 11.1 Å². The van der Waals surface area contributed by atoms with Crippen molar-refractivity contribution in [3.8, 4) is 0 Å². The van der Waals surface area contributed by atoms with Gasteiger partial charge in [-0.1, -0.05) is 102 Å². The molecule has 0 spiro atoms. The molecule has 0 amide bonds. The van der Waals surface area contributed by atoms with E-state index < -0.39 is 20.4 Å². The van der Waals surface area contributed by atoms with E-state index >= 15 is 0 Å². The van der Waals surface area contributed by atoms with Crippen LogP contribution in [-0.2, 0) is 20.9 Å². The van der Waals surface area contributed by atoms with Crippen LogP contribution in [0.15, 0.2) is 123 Å². The van der Waals surface area contributed by atoms with Gasteiger partial charge in [0.25, 0.3) is 0 Å². The first kappa shape index (κ1) is 28.2. The molecular formula is C33H39O3S2+. The van der Waals surface area contributed by atoms with Gasteiger partial charge in [-0.2, -0.15) is 0 Å². The van der Waals surface area contributed by atoms with Crippen molar-refractivity contribution in [2.45, 2.75) is 78.9 Å². The minimum atomic E-state index is -3.99. The van der Waals surface area contributed by atoms with Crippen molar-refractivity contribution in [3.63, 3.8) is 0 Å². The van der Waals surface area contributed by atoms with Crippen LogP contribution in [0.3, 0.4) is 0 Å². The van der Waals surface area contributed by atoms with Crippen LogP contribution in [0.25, 0.3) is 0 Å². The highest BCUT2D eigenvalue weighted by atomic mass is 32.3.